The van der Waals surface area contributed by atoms with E-state index in [1.165, 1.54) is 0 Å². The minimum absolute atomic E-state index is 0. The van der Waals surface area contributed by atoms with E-state index < -0.39 is 7.82 Å². The molecule has 7 heavy (non-hydrogen) atoms. The maximum absolute atomic E-state index is 8.66. The van der Waals surface area contributed by atoms with E-state index in [1.54, 1.807) is 0 Å². The van der Waals surface area contributed by atoms with Crippen molar-refractivity contribution in [2.24, 2.45) is 0 Å². The number of hydrogen-bond acceptors (Lipinski definition) is 4. The van der Waals surface area contributed by atoms with Gasteiger partial charge in [0.05, 0.1) is 7.82 Å². The van der Waals surface area contributed by atoms with E-state index in [1.807, 2.05) is 0 Å². The van der Waals surface area contributed by atoms with Crippen LogP contribution in [0.3, 0.4) is 0 Å². The largest absolute Gasteiger partial charge is 2.00 e. The zero-order valence-electron chi connectivity index (χ0n) is 3.53. The zero-order chi connectivity index (χ0) is 4.50. The number of rotatable bonds is 0. The Labute approximate surface area is 70.6 Å². The Bertz CT molecular complexity index is 57.8. The van der Waals surface area contributed by atoms with E-state index in [4.69, 9.17) is 19.2 Å². The molecule has 4 N–H and O–H groups in total. The summed E-state index contributed by atoms with van der Waals surface area (Å²) in [6.07, 6.45) is 0. The molecule has 0 unspecified atom stereocenters. The molecule has 0 aliphatic heterocycles. The summed E-state index contributed by atoms with van der Waals surface area (Å²) in [6.45, 7) is 0. The van der Waals surface area contributed by atoms with Crippen LogP contribution in [0.1, 0.15) is 0 Å². The molecule has 0 aromatic heterocycles. The summed E-state index contributed by atoms with van der Waals surface area (Å²) >= 11 is 0. The molecule has 0 aromatic rings. The van der Waals surface area contributed by atoms with Gasteiger partial charge in [0.2, 0.25) is 0 Å². The van der Waals surface area contributed by atoms with Crippen LogP contribution in [0.4, 0.5) is 0 Å². The van der Waals surface area contributed by atoms with Crippen molar-refractivity contribution < 1.29 is 19.2 Å². The molecular formula is H4CaNO4P. The maximum Gasteiger partial charge on any atom is 2.00 e. The van der Waals surface area contributed by atoms with Gasteiger partial charge in [0.15, 0.2) is 0 Å². The Hall–Kier alpha value is 1.33. The third kappa shape index (κ3) is 118. The second-order valence-corrected chi connectivity index (χ2v) is 1.41. The van der Waals surface area contributed by atoms with Gasteiger partial charge in [0.1, 0.15) is 0 Å². The first kappa shape index (κ1) is 15.8. The molecule has 0 saturated heterocycles. The van der Waals surface area contributed by atoms with Gasteiger partial charge in [0.25, 0.3) is 0 Å². The van der Waals surface area contributed by atoms with Crippen molar-refractivity contribution >= 4 is 45.6 Å². The van der Waals surface area contributed by atoms with Crippen LogP contribution >= 0.6 is 7.82 Å². The predicted octanol–water partition coefficient (Wildman–Crippen LogP) is -2.41. The summed E-state index contributed by atoms with van der Waals surface area (Å²) in [5.41, 5.74) is 0. The summed E-state index contributed by atoms with van der Waals surface area (Å²) in [6, 6.07) is 0. The van der Waals surface area contributed by atoms with Crippen LogP contribution in [0.15, 0.2) is 0 Å². The molecule has 5 nitrogen and oxygen atoms in total. The number of phosphoric acid groups is 1. The fourth-order valence-electron chi connectivity index (χ4n) is 0. The molecule has 0 aromatic carbocycles. The molecule has 0 aliphatic rings. The topological polar surface area (TPSA) is 118 Å². The average molecular weight is 153 g/mol. The van der Waals surface area contributed by atoms with Crippen molar-refractivity contribution in [3.63, 3.8) is 0 Å². The molecule has 40 valence electrons. The van der Waals surface area contributed by atoms with Crippen molar-refractivity contribution in [1.82, 2.24) is 6.15 Å². The standard InChI is InChI=1S/Ca.H3N.H3O4P/c;;1-5(2,3)4/h;1H3;(H3,1,2,3,4)/q+2;;/p-2. The zero-order valence-corrected chi connectivity index (χ0v) is 6.64. The Morgan fingerprint density at radius 3 is 1.43 bits per heavy atom. The summed E-state index contributed by atoms with van der Waals surface area (Å²) in [5.74, 6) is 0. The minimum Gasteiger partial charge on any atom is -0.790 e. The third-order valence-electron chi connectivity index (χ3n) is 0. The van der Waals surface area contributed by atoms with Gasteiger partial charge in [-0.1, -0.05) is 0 Å². The van der Waals surface area contributed by atoms with E-state index in [0.717, 1.165) is 0 Å². The molecule has 0 rings (SSSR count). The fourth-order valence-corrected chi connectivity index (χ4v) is 0. The van der Waals surface area contributed by atoms with Crippen LogP contribution < -0.4 is 15.9 Å². The van der Waals surface area contributed by atoms with Crippen LogP contribution in [-0.4, -0.2) is 42.6 Å². The van der Waals surface area contributed by atoms with Crippen molar-refractivity contribution in [2.45, 2.75) is 0 Å². The van der Waals surface area contributed by atoms with Crippen molar-refractivity contribution in [3.05, 3.63) is 0 Å². The van der Waals surface area contributed by atoms with E-state index in [9.17, 15) is 0 Å². The van der Waals surface area contributed by atoms with E-state index in [0.29, 0.717) is 0 Å². The molecule has 0 heterocycles. The number of hydrogen-bond donors (Lipinski definition) is 2. The first-order valence-corrected chi connectivity index (χ1v) is 2.24. The van der Waals surface area contributed by atoms with Crippen molar-refractivity contribution in [1.29, 1.82) is 0 Å². The van der Waals surface area contributed by atoms with Crippen molar-refractivity contribution in [3.8, 4) is 0 Å². The van der Waals surface area contributed by atoms with Crippen molar-refractivity contribution in [2.75, 3.05) is 0 Å². The van der Waals surface area contributed by atoms with Gasteiger partial charge in [0, 0.05) is 0 Å². The second kappa shape index (κ2) is 5.47. The maximum atomic E-state index is 8.66. The Balaban J connectivity index is -0.0000000800. The predicted molar refractivity (Wildman–Crippen MR) is 20.6 cm³/mol. The molecule has 0 fully saturated rings. The van der Waals surface area contributed by atoms with Gasteiger partial charge >= 0.3 is 37.7 Å². The van der Waals surface area contributed by atoms with Gasteiger partial charge in [-0.05, 0) is 0 Å². The van der Waals surface area contributed by atoms with Gasteiger partial charge in [-0.25, -0.2) is 0 Å². The molecule has 0 bridgehead atoms. The van der Waals surface area contributed by atoms with Crippen LogP contribution in [-0.2, 0) is 4.57 Å². The van der Waals surface area contributed by atoms with Gasteiger partial charge in [-0.15, -0.1) is 0 Å². The normalized spacial score (nSPS) is 8.43. The van der Waals surface area contributed by atoms with Gasteiger partial charge < -0.3 is 25.4 Å². The molecule has 0 amide bonds. The molecular weight excluding hydrogens is 149 g/mol. The Morgan fingerprint density at radius 2 is 1.43 bits per heavy atom. The monoisotopic (exact) mass is 153 g/mol. The summed E-state index contributed by atoms with van der Waals surface area (Å²) in [7, 11) is -5.14. The van der Waals surface area contributed by atoms with Gasteiger partial charge in [-0.3, -0.25) is 0 Å². The SMILES string of the molecule is N.O=P([O-])([O-])O.[Ca+2]. The second-order valence-electron chi connectivity index (χ2n) is 0.469. The summed E-state index contributed by atoms with van der Waals surface area (Å²) < 4.78 is 8.66. The smallest absolute Gasteiger partial charge is 0.790 e. The van der Waals surface area contributed by atoms with E-state index >= 15 is 0 Å². The molecule has 0 spiro atoms. The molecule has 0 atom stereocenters. The third-order valence-corrected chi connectivity index (χ3v) is 0. The van der Waals surface area contributed by atoms with E-state index in [-0.39, 0.29) is 43.9 Å². The van der Waals surface area contributed by atoms with E-state index in [2.05, 4.69) is 0 Å². The van der Waals surface area contributed by atoms with Crippen LogP contribution in [0.25, 0.3) is 0 Å². The van der Waals surface area contributed by atoms with Gasteiger partial charge in [-0.2, -0.15) is 0 Å². The first-order chi connectivity index (χ1) is 2.00. The molecule has 7 heteroatoms. The minimum atomic E-state index is -5.14. The molecule has 0 aliphatic carbocycles. The average Bonchev–Trinajstić information content (AvgIpc) is 0.722. The molecule has 0 radical (unpaired) electrons. The first-order valence-electron chi connectivity index (χ1n) is 0.748. The van der Waals surface area contributed by atoms with Crippen LogP contribution in [0.5, 0.6) is 0 Å². The Morgan fingerprint density at radius 1 is 1.43 bits per heavy atom. The molecule has 0 saturated carbocycles. The van der Waals surface area contributed by atoms with Crippen LogP contribution in [0.2, 0.25) is 0 Å². The Kier molecular flexibility index (Phi) is 12.3. The fraction of sp³-hybridized carbons (Fsp3) is 0. The van der Waals surface area contributed by atoms with Crippen LogP contribution in [0, 0.1) is 0 Å². The quantitative estimate of drug-likeness (QED) is 0.296. The summed E-state index contributed by atoms with van der Waals surface area (Å²) in [5, 5.41) is 0. The summed E-state index contributed by atoms with van der Waals surface area (Å²) in [4.78, 5) is 24.3.